The van der Waals surface area contributed by atoms with Crippen LogP contribution < -0.4 is 5.32 Å². The average molecular weight is 302 g/mol. The fourth-order valence-corrected chi connectivity index (χ4v) is 4.11. The van der Waals surface area contributed by atoms with Gasteiger partial charge in [0.15, 0.2) is 0 Å². The third-order valence-electron chi connectivity index (χ3n) is 3.89. The van der Waals surface area contributed by atoms with Crippen molar-refractivity contribution in [2.24, 2.45) is 0 Å². The van der Waals surface area contributed by atoms with Gasteiger partial charge in [-0.05, 0) is 37.4 Å². The summed E-state index contributed by atoms with van der Waals surface area (Å²) >= 11 is 1.85. The molecule has 1 aromatic heterocycles. The Bertz CT molecular complexity index is 609. The molecule has 0 fully saturated rings. The van der Waals surface area contributed by atoms with E-state index in [1.807, 2.05) is 11.3 Å². The summed E-state index contributed by atoms with van der Waals surface area (Å²) < 4.78 is 5.22. The van der Waals surface area contributed by atoms with E-state index in [9.17, 15) is 0 Å². The fraction of sp³-hybridized carbons (Fsp3) is 0.471. The van der Waals surface area contributed by atoms with Crippen LogP contribution >= 0.6 is 11.3 Å². The van der Waals surface area contributed by atoms with Crippen molar-refractivity contribution < 1.29 is 4.74 Å². The van der Waals surface area contributed by atoms with E-state index in [4.69, 9.17) is 9.72 Å². The molecule has 0 saturated heterocycles. The van der Waals surface area contributed by atoms with Crippen LogP contribution in [0.25, 0.3) is 10.6 Å². The molecule has 0 aliphatic heterocycles. The second-order valence-corrected chi connectivity index (χ2v) is 6.55. The van der Waals surface area contributed by atoms with Gasteiger partial charge in [-0.15, -0.1) is 11.3 Å². The average Bonchev–Trinajstić information content (AvgIpc) is 2.93. The molecule has 1 aliphatic rings. The van der Waals surface area contributed by atoms with Crippen LogP contribution in [0.3, 0.4) is 0 Å². The molecule has 1 heterocycles. The molecule has 3 nitrogen and oxygen atoms in total. The summed E-state index contributed by atoms with van der Waals surface area (Å²) in [5.41, 5.74) is 3.69. The number of nitrogens with one attached hydrogen (secondary N) is 1. The van der Waals surface area contributed by atoms with Crippen molar-refractivity contribution in [2.75, 3.05) is 13.7 Å². The van der Waals surface area contributed by atoms with Gasteiger partial charge in [-0.2, -0.15) is 0 Å². The molecule has 1 aromatic carbocycles. The van der Waals surface area contributed by atoms with E-state index in [2.05, 4.69) is 36.5 Å². The predicted octanol–water partition coefficient (Wildman–Crippen LogP) is 3.94. The lowest BCUT2D eigenvalue weighted by Gasteiger charge is -2.21. The first kappa shape index (κ1) is 14.7. The fourth-order valence-electron chi connectivity index (χ4n) is 2.95. The summed E-state index contributed by atoms with van der Waals surface area (Å²) in [6, 6.07) is 8.96. The second-order valence-electron chi connectivity index (χ2n) is 5.46. The van der Waals surface area contributed by atoms with E-state index in [-0.39, 0.29) is 0 Å². The van der Waals surface area contributed by atoms with Crippen molar-refractivity contribution in [3.05, 3.63) is 40.4 Å². The van der Waals surface area contributed by atoms with Crippen molar-refractivity contribution in [3.8, 4) is 10.6 Å². The first-order chi connectivity index (χ1) is 10.3. The molecule has 2 aromatic rings. The Hall–Kier alpha value is -1.23. The zero-order chi connectivity index (χ0) is 14.7. The van der Waals surface area contributed by atoms with Crippen molar-refractivity contribution in [2.45, 2.75) is 38.8 Å². The van der Waals surface area contributed by atoms with Crippen molar-refractivity contribution in [1.29, 1.82) is 0 Å². The lowest BCUT2D eigenvalue weighted by molar-refractivity contribution is 0.185. The molecule has 3 rings (SSSR count). The van der Waals surface area contributed by atoms with Gasteiger partial charge in [0.25, 0.3) is 0 Å². The number of aromatic nitrogens is 1. The van der Waals surface area contributed by atoms with E-state index >= 15 is 0 Å². The molecule has 0 radical (unpaired) electrons. The minimum Gasteiger partial charge on any atom is -0.380 e. The van der Waals surface area contributed by atoms with Crippen LogP contribution in [-0.2, 0) is 17.8 Å². The third kappa shape index (κ3) is 3.18. The Kier molecular flexibility index (Phi) is 4.68. The summed E-state index contributed by atoms with van der Waals surface area (Å²) in [6.45, 7) is 3.81. The lowest BCUT2D eigenvalue weighted by Crippen LogP contribution is -2.24. The molecule has 1 unspecified atom stereocenters. The largest absolute Gasteiger partial charge is 0.380 e. The number of aryl methyl sites for hydroxylation is 1. The maximum atomic E-state index is 5.22. The number of benzene rings is 1. The van der Waals surface area contributed by atoms with Crippen molar-refractivity contribution in [1.82, 2.24) is 10.3 Å². The maximum Gasteiger partial charge on any atom is 0.123 e. The second kappa shape index (κ2) is 6.69. The molecule has 1 aliphatic carbocycles. The van der Waals surface area contributed by atoms with E-state index < -0.39 is 0 Å². The topological polar surface area (TPSA) is 34.1 Å². The molecule has 4 heteroatoms. The Morgan fingerprint density at radius 1 is 1.43 bits per heavy atom. The van der Waals surface area contributed by atoms with Crippen molar-refractivity contribution >= 4 is 11.3 Å². The number of methoxy groups -OCH3 is 1. The summed E-state index contributed by atoms with van der Waals surface area (Å²) in [5.74, 6) is 0. The molecular formula is C17H22N2OS. The molecule has 0 saturated carbocycles. The highest BCUT2D eigenvalue weighted by molar-refractivity contribution is 7.15. The van der Waals surface area contributed by atoms with E-state index in [1.165, 1.54) is 41.0 Å². The molecular weight excluding hydrogens is 280 g/mol. The first-order valence-electron chi connectivity index (χ1n) is 7.63. The lowest BCUT2D eigenvalue weighted by atomic mass is 9.97. The quantitative estimate of drug-likeness (QED) is 0.908. The highest BCUT2D eigenvalue weighted by Gasteiger charge is 2.24. The summed E-state index contributed by atoms with van der Waals surface area (Å²) in [6.07, 6.45) is 3.64. The van der Waals surface area contributed by atoms with Crippen LogP contribution in [0.15, 0.2) is 24.3 Å². The minimum absolute atomic E-state index is 0.436. The number of ether oxygens (including phenoxy) is 1. The van der Waals surface area contributed by atoms with E-state index in [0.29, 0.717) is 12.6 Å². The Labute approximate surface area is 130 Å². The zero-order valence-corrected chi connectivity index (χ0v) is 13.5. The number of hydrogen-bond acceptors (Lipinski definition) is 4. The third-order valence-corrected chi connectivity index (χ3v) is 5.07. The standard InChI is InChI=1S/C17H22N2OS/c1-3-18-14-8-5-9-15-16(14)19-17(21-15)13-7-4-6-12(10-13)11-20-2/h4,6-7,10,14,18H,3,5,8-9,11H2,1-2H3. The zero-order valence-electron chi connectivity index (χ0n) is 12.7. The number of rotatable bonds is 5. The Balaban J connectivity index is 1.91. The molecule has 0 spiro atoms. The Morgan fingerprint density at radius 2 is 2.33 bits per heavy atom. The van der Waals surface area contributed by atoms with Gasteiger partial charge in [-0.1, -0.05) is 25.1 Å². The van der Waals surface area contributed by atoms with Gasteiger partial charge in [0.2, 0.25) is 0 Å². The van der Waals surface area contributed by atoms with Gasteiger partial charge < -0.3 is 10.1 Å². The first-order valence-corrected chi connectivity index (χ1v) is 8.44. The number of fused-ring (bicyclic) bond motifs is 1. The SMILES string of the molecule is CCNC1CCCc2sc(-c3cccc(COC)c3)nc21. The van der Waals surface area contributed by atoms with Gasteiger partial charge in [0, 0.05) is 17.6 Å². The molecule has 21 heavy (non-hydrogen) atoms. The van der Waals surface area contributed by atoms with Crippen LogP contribution in [0, 0.1) is 0 Å². The maximum absolute atomic E-state index is 5.22. The van der Waals surface area contributed by atoms with Gasteiger partial charge in [0.05, 0.1) is 18.3 Å². The minimum atomic E-state index is 0.436. The number of thiazole rings is 1. The van der Waals surface area contributed by atoms with E-state index in [0.717, 1.165) is 11.6 Å². The van der Waals surface area contributed by atoms with Gasteiger partial charge in [-0.25, -0.2) is 4.98 Å². The van der Waals surface area contributed by atoms with Crippen LogP contribution in [0.2, 0.25) is 0 Å². The Morgan fingerprint density at radius 3 is 3.14 bits per heavy atom. The molecule has 0 amide bonds. The molecule has 0 bridgehead atoms. The smallest absolute Gasteiger partial charge is 0.123 e. The number of nitrogens with zero attached hydrogens (tertiary/aromatic N) is 1. The number of hydrogen-bond donors (Lipinski definition) is 1. The normalized spacial score (nSPS) is 17.7. The van der Waals surface area contributed by atoms with Gasteiger partial charge in [0.1, 0.15) is 5.01 Å². The van der Waals surface area contributed by atoms with Crippen LogP contribution in [-0.4, -0.2) is 18.6 Å². The highest BCUT2D eigenvalue weighted by Crippen LogP contribution is 2.37. The van der Waals surface area contributed by atoms with Gasteiger partial charge >= 0.3 is 0 Å². The van der Waals surface area contributed by atoms with Gasteiger partial charge in [-0.3, -0.25) is 0 Å². The van der Waals surface area contributed by atoms with Crippen LogP contribution in [0.1, 0.15) is 41.9 Å². The monoisotopic (exact) mass is 302 g/mol. The van der Waals surface area contributed by atoms with Crippen LogP contribution in [0.5, 0.6) is 0 Å². The summed E-state index contributed by atoms with van der Waals surface area (Å²) in [5, 5.41) is 4.70. The molecule has 112 valence electrons. The molecule has 1 N–H and O–H groups in total. The van der Waals surface area contributed by atoms with Crippen LogP contribution in [0.4, 0.5) is 0 Å². The predicted molar refractivity (Wildman–Crippen MR) is 87.6 cm³/mol. The summed E-state index contributed by atoms with van der Waals surface area (Å²) in [7, 11) is 1.73. The highest BCUT2D eigenvalue weighted by atomic mass is 32.1. The summed E-state index contributed by atoms with van der Waals surface area (Å²) in [4.78, 5) is 6.40. The van der Waals surface area contributed by atoms with E-state index in [1.54, 1.807) is 7.11 Å². The van der Waals surface area contributed by atoms with Crippen molar-refractivity contribution in [3.63, 3.8) is 0 Å². The molecule has 1 atom stereocenters.